The summed E-state index contributed by atoms with van der Waals surface area (Å²) >= 11 is 0. The van der Waals surface area contributed by atoms with Crippen LogP contribution in [-0.4, -0.2) is 39.0 Å². The van der Waals surface area contributed by atoms with Crippen molar-refractivity contribution in [2.45, 2.75) is 32.2 Å². The zero-order valence-electron chi connectivity index (χ0n) is 8.55. The minimum atomic E-state index is 0.729. The molecule has 0 spiro atoms. The predicted molar refractivity (Wildman–Crippen MR) is 53.0 cm³/mol. The van der Waals surface area contributed by atoms with Gasteiger partial charge in [-0.1, -0.05) is 6.92 Å². The van der Waals surface area contributed by atoms with Crippen molar-refractivity contribution in [1.29, 1.82) is 0 Å². The van der Waals surface area contributed by atoms with Crippen molar-refractivity contribution in [2.75, 3.05) is 33.0 Å². The van der Waals surface area contributed by atoms with E-state index in [1.54, 1.807) is 0 Å². The van der Waals surface area contributed by atoms with Crippen LogP contribution in [0, 0.1) is 0 Å². The molecule has 1 N–H and O–H groups in total. The molecular weight excluding hydrogens is 166 g/mol. The summed E-state index contributed by atoms with van der Waals surface area (Å²) in [4.78, 5) is 0. The molecule has 0 aromatic heterocycles. The lowest BCUT2D eigenvalue weighted by molar-refractivity contribution is 0.0490. The van der Waals surface area contributed by atoms with Gasteiger partial charge in [0.05, 0.1) is 19.8 Å². The first kappa shape index (κ1) is 11.0. The molecule has 1 rings (SSSR count). The fourth-order valence-electron chi connectivity index (χ4n) is 1.09. The smallest absolute Gasteiger partial charge is 0.0701 e. The van der Waals surface area contributed by atoms with Crippen molar-refractivity contribution in [3.8, 4) is 0 Å². The van der Waals surface area contributed by atoms with Crippen molar-refractivity contribution in [3.63, 3.8) is 0 Å². The Balaban J connectivity index is 1.63. The quantitative estimate of drug-likeness (QED) is 0.550. The first-order valence-electron chi connectivity index (χ1n) is 5.32. The average molecular weight is 187 g/mol. The molecule has 0 unspecified atom stereocenters. The zero-order chi connectivity index (χ0) is 9.36. The van der Waals surface area contributed by atoms with Crippen LogP contribution in [0.1, 0.15) is 26.2 Å². The van der Waals surface area contributed by atoms with Gasteiger partial charge < -0.3 is 14.8 Å². The molecule has 1 aliphatic rings. The van der Waals surface area contributed by atoms with E-state index in [-0.39, 0.29) is 0 Å². The Kier molecular flexibility index (Phi) is 6.15. The average Bonchev–Trinajstić information content (AvgIpc) is 2.93. The molecule has 3 heteroatoms. The van der Waals surface area contributed by atoms with Crippen molar-refractivity contribution >= 4 is 0 Å². The zero-order valence-corrected chi connectivity index (χ0v) is 8.55. The summed E-state index contributed by atoms with van der Waals surface area (Å²) in [6.07, 6.45) is 3.78. The Morgan fingerprint density at radius 1 is 1.08 bits per heavy atom. The SMILES string of the molecule is CCCOCCOCCNC1CC1. The minimum Gasteiger partial charge on any atom is -0.379 e. The van der Waals surface area contributed by atoms with Crippen LogP contribution in [0.15, 0.2) is 0 Å². The number of nitrogens with one attached hydrogen (secondary N) is 1. The van der Waals surface area contributed by atoms with Crippen LogP contribution in [0.2, 0.25) is 0 Å². The Hall–Kier alpha value is -0.120. The molecule has 0 aromatic carbocycles. The van der Waals surface area contributed by atoms with Crippen molar-refractivity contribution in [3.05, 3.63) is 0 Å². The Labute approximate surface area is 80.8 Å². The van der Waals surface area contributed by atoms with Gasteiger partial charge in [-0.05, 0) is 19.3 Å². The summed E-state index contributed by atoms with van der Waals surface area (Å²) in [7, 11) is 0. The lowest BCUT2D eigenvalue weighted by Crippen LogP contribution is -2.22. The molecule has 0 aliphatic heterocycles. The highest BCUT2D eigenvalue weighted by atomic mass is 16.5. The maximum absolute atomic E-state index is 5.37. The molecule has 0 bridgehead atoms. The van der Waals surface area contributed by atoms with Crippen LogP contribution < -0.4 is 5.32 Å². The second kappa shape index (κ2) is 7.30. The second-order valence-electron chi connectivity index (χ2n) is 3.45. The third kappa shape index (κ3) is 6.99. The molecule has 0 heterocycles. The standard InChI is InChI=1S/C10H21NO2/c1-2-6-12-8-9-13-7-5-11-10-3-4-10/h10-11H,2-9H2,1H3. The van der Waals surface area contributed by atoms with E-state index in [0.29, 0.717) is 0 Å². The molecule has 1 fully saturated rings. The van der Waals surface area contributed by atoms with Crippen molar-refractivity contribution in [2.24, 2.45) is 0 Å². The molecule has 0 saturated heterocycles. The Bertz CT molecular complexity index is 115. The van der Waals surface area contributed by atoms with Gasteiger partial charge in [0.2, 0.25) is 0 Å². The maximum atomic E-state index is 5.37. The summed E-state index contributed by atoms with van der Waals surface area (Å²) in [6.45, 7) is 6.22. The first-order valence-corrected chi connectivity index (χ1v) is 5.32. The number of hydrogen-bond donors (Lipinski definition) is 1. The highest BCUT2D eigenvalue weighted by Crippen LogP contribution is 2.17. The summed E-state index contributed by atoms with van der Waals surface area (Å²) in [5, 5.41) is 3.39. The summed E-state index contributed by atoms with van der Waals surface area (Å²) in [5.41, 5.74) is 0. The van der Waals surface area contributed by atoms with Crippen LogP contribution in [0.4, 0.5) is 0 Å². The van der Waals surface area contributed by atoms with Gasteiger partial charge >= 0.3 is 0 Å². The van der Waals surface area contributed by atoms with Gasteiger partial charge in [-0.25, -0.2) is 0 Å². The van der Waals surface area contributed by atoms with Gasteiger partial charge in [0.1, 0.15) is 0 Å². The van der Waals surface area contributed by atoms with E-state index in [1.165, 1.54) is 12.8 Å². The van der Waals surface area contributed by atoms with Crippen LogP contribution in [-0.2, 0) is 9.47 Å². The fraction of sp³-hybridized carbons (Fsp3) is 1.00. The molecule has 3 nitrogen and oxygen atoms in total. The third-order valence-corrected chi connectivity index (χ3v) is 1.98. The summed E-state index contributed by atoms with van der Waals surface area (Å²) < 4.78 is 10.6. The van der Waals surface area contributed by atoms with Gasteiger partial charge in [0.15, 0.2) is 0 Å². The molecule has 1 aliphatic carbocycles. The van der Waals surface area contributed by atoms with E-state index in [1.807, 2.05) is 0 Å². The highest BCUT2D eigenvalue weighted by molar-refractivity contribution is 4.80. The van der Waals surface area contributed by atoms with Gasteiger partial charge in [0, 0.05) is 19.2 Å². The van der Waals surface area contributed by atoms with Crippen molar-refractivity contribution < 1.29 is 9.47 Å². The van der Waals surface area contributed by atoms with E-state index in [4.69, 9.17) is 9.47 Å². The van der Waals surface area contributed by atoms with Crippen LogP contribution in [0.25, 0.3) is 0 Å². The van der Waals surface area contributed by atoms with Crippen molar-refractivity contribution in [1.82, 2.24) is 5.32 Å². The molecule has 0 amide bonds. The summed E-state index contributed by atoms with van der Waals surface area (Å²) in [6, 6.07) is 0.792. The van der Waals surface area contributed by atoms with E-state index in [2.05, 4.69) is 12.2 Å². The highest BCUT2D eigenvalue weighted by Gasteiger charge is 2.19. The Morgan fingerprint density at radius 2 is 1.77 bits per heavy atom. The van der Waals surface area contributed by atoms with Gasteiger partial charge in [-0.2, -0.15) is 0 Å². The summed E-state index contributed by atoms with van der Waals surface area (Å²) in [5.74, 6) is 0. The van der Waals surface area contributed by atoms with E-state index < -0.39 is 0 Å². The predicted octanol–water partition coefficient (Wildman–Crippen LogP) is 1.18. The second-order valence-corrected chi connectivity index (χ2v) is 3.45. The molecular formula is C10H21NO2. The molecule has 0 aromatic rings. The van der Waals surface area contributed by atoms with E-state index >= 15 is 0 Å². The van der Waals surface area contributed by atoms with Gasteiger partial charge in [0.25, 0.3) is 0 Å². The molecule has 0 radical (unpaired) electrons. The van der Waals surface area contributed by atoms with Crippen LogP contribution in [0.3, 0.4) is 0 Å². The monoisotopic (exact) mass is 187 g/mol. The Morgan fingerprint density at radius 3 is 2.38 bits per heavy atom. The number of rotatable bonds is 9. The molecule has 13 heavy (non-hydrogen) atoms. The van der Waals surface area contributed by atoms with E-state index in [9.17, 15) is 0 Å². The molecule has 0 atom stereocenters. The number of hydrogen-bond acceptors (Lipinski definition) is 3. The lowest BCUT2D eigenvalue weighted by Gasteiger charge is -2.05. The molecule has 1 saturated carbocycles. The van der Waals surface area contributed by atoms with Crippen LogP contribution >= 0.6 is 0 Å². The van der Waals surface area contributed by atoms with Gasteiger partial charge in [-0.3, -0.25) is 0 Å². The normalized spacial score (nSPS) is 16.4. The van der Waals surface area contributed by atoms with E-state index in [0.717, 1.165) is 45.4 Å². The van der Waals surface area contributed by atoms with Gasteiger partial charge in [-0.15, -0.1) is 0 Å². The third-order valence-electron chi connectivity index (χ3n) is 1.98. The maximum Gasteiger partial charge on any atom is 0.0701 e. The van der Waals surface area contributed by atoms with Crippen LogP contribution in [0.5, 0.6) is 0 Å². The number of ether oxygens (including phenoxy) is 2. The molecule has 78 valence electrons. The lowest BCUT2D eigenvalue weighted by atomic mass is 10.5. The first-order chi connectivity index (χ1) is 6.43. The largest absolute Gasteiger partial charge is 0.379 e. The minimum absolute atomic E-state index is 0.729. The fourth-order valence-corrected chi connectivity index (χ4v) is 1.09. The topological polar surface area (TPSA) is 30.5 Å².